The predicted molar refractivity (Wildman–Crippen MR) is 97.2 cm³/mol. The summed E-state index contributed by atoms with van der Waals surface area (Å²) in [5.41, 5.74) is 6.62. The molecule has 1 unspecified atom stereocenters. The lowest BCUT2D eigenvalue weighted by Crippen LogP contribution is -2.46. The molecule has 1 saturated heterocycles. The zero-order chi connectivity index (χ0) is 19.3. The molecule has 1 fully saturated rings. The number of benzene rings is 1. The summed E-state index contributed by atoms with van der Waals surface area (Å²) in [6.45, 7) is 8.68. The van der Waals surface area contributed by atoms with Gasteiger partial charge in [-0.05, 0) is 30.9 Å². The Morgan fingerprint density at radius 3 is 2.50 bits per heavy atom. The quantitative estimate of drug-likeness (QED) is 0.749. The second-order valence-electron chi connectivity index (χ2n) is 7.14. The van der Waals surface area contributed by atoms with Gasteiger partial charge in [-0.15, -0.1) is 0 Å². The van der Waals surface area contributed by atoms with Crippen molar-refractivity contribution in [3.05, 3.63) is 29.3 Å². The number of ether oxygens (including phenoxy) is 1. The maximum atomic E-state index is 12.2. The Bertz CT molecular complexity index is 667. The van der Waals surface area contributed by atoms with Gasteiger partial charge in [0.1, 0.15) is 5.75 Å². The second kappa shape index (κ2) is 8.69. The molecule has 2 rings (SSSR count). The number of rotatable bonds is 6. The fourth-order valence-electron chi connectivity index (χ4n) is 3.00. The van der Waals surface area contributed by atoms with Crippen LogP contribution in [0.25, 0.3) is 0 Å². The van der Waals surface area contributed by atoms with Crippen molar-refractivity contribution < 1.29 is 19.1 Å². The minimum Gasteiger partial charge on any atom is -0.483 e. The molecule has 3 amide bonds. The van der Waals surface area contributed by atoms with Crippen LogP contribution >= 0.6 is 0 Å². The largest absolute Gasteiger partial charge is 0.483 e. The molecule has 1 heterocycles. The number of likely N-dealkylation sites (tertiary alicyclic amines) is 1. The first-order chi connectivity index (χ1) is 12.3. The lowest BCUT2D eigenvalue weighted by molar-refractivity contribution is -0.132. The summed E-state index contributed by atoms with van der Waals surface area (Å²) < 4.78 is 5.54. The number of carbonyl (C=O) groups is 3. The SMILES string of the molecule is Cc1cccc(C)c1OCC(=O)NNC(=O)C1CC(=O)N(CC(C)C)C1. The third kappa shape index (κ3) is 5.21. The Morgan fingerprint density at radius 1 is 1.23 bits per heavy atom. The summed E-state index contributed by atoms with van der Waals surface area (Å²) in [4.78, 5) is 37.7. The minimum atomic E-state index is -0.454. The third-order valence-corrected chi connectivity index (χ3v) is 4.25. The van der Waals surface area contributed by atoms with Crippen LogP contribution in [0.15, 0.2) is 18.2 Å². The molecule has 0 saturated carbocycles. The lowest BCUT2D eigenvalue weighted by Gasteiger charge is -2.18. The molecule has 0 radical (unpaired) electrons. The van der Waals surface area contributed by atoms with E-state index in [2.05, 4.69) is 10.9 Å². The highest BCUT2D eigenvalue weighted by Crippen LogP contribution is 2.22. The van der Waals surface area contributed by atoms with Crippen LogP contribution in [0.4, 0.5) is 0 Å². The van der Waals surface area contributed by atoms with Crippen molar-refractivity contribution in [2.45, 2.75) is 34.1 Å². The molecule has 7 heteroatoms. The van der Waals surface area contributed by atoms with Crippen LogP contribution in [0.3, 0.4) is 0 Å². The normalized spacial score (nSPS) is 16.7. The van der Waals surface area contributed by atoms with E-state index in [1.807, 2.05) is 45.9 Å². The van der Waals surface area contributed by atoms with Gasteiger partial charge in [0.2, 0.25) is 11.8 Å². The molecule has 26 heavy (non-hydrogen) atoms. The summed E-state index contributed by atoms with van der Waals surface area (Å²) >= 11 is 0. The van der Waals surface area contributed by atoms with Gasteiger partial charge in [-0.25, -0.2) is 0 Å². The fourth-order valence-corrected chi connectivity index (χ4v) is 3.00. The molecule has 1 atom stereocenters. The summed E-state index contributed by atoms with van der Waals surface area (Å²) in [5, 5.41) is 0. The van der Waals surface area contributed by atoms with E-state index in [1.165, 1.54) is 0 Å². The molecule has 1 aromatic carbocycles. The Labute approximate surface area is 154 Å². The number of hydrogen-bond donors (Lipinski definition) is 2. The van der Waals surface area contributed by atoms with Crippen LogP contribution in [0.5, 0.6) is 5.75 Å². The number of hydrogen-bond acceptors (Lipinski definition) is 4. The average molecular weight is 361 g/mol. The zero-order valence-corrected chi connectivity index (χ0v) is 15.8. The number of nitrogens with zero attached hydrogens (tertiary/aromatic N) is 1. The van der Waals surface area contributed by atoms with Crippen molar-refractivity contribution in [3.63, 3.8) is 0 Å². The van der Waals surface area contributed by atoms with Gasteiger partial charge < -0.3 is 9.64 Å². The fraction of sp³-hybridized carbons (Fsp3) is 0.526. The molecule has 7 nitrogen and oxygen atoms in total. The van der Waals surface area contributed by atoms with Gasteiger partial charge in [-0.1, -0.05) is 32.0 Å². The van der Waals surface area contributed by atoms with E-state index in [0.29, 0.717) is 24.8 Å². The Morgan fingerprint density at radius 2 is 1.88 bits per heavy atom. The maximum absolute atomic E-state index is 12.2. The van der Waals surface area contributed by atoms with Crippen LogP contribution in [0, 0.1) is 25.7 Å². The van der Waals surface area contributed by atoms with E-state index >= 15 is 0 Å². The van der Waals surface area contributed by atoms with Gasteiger partial charge in [-0.3, -0.25) is 25.2 Å². The van der Waals surface area contributed by atoms with E-state index in [-0.39, 0.29) is 24.8 Å². The lowest BCUT2D eigenvalue weighted by atomic mass is 10.1. The molecule has 1 aliphatic rings. The van der Waals surface area contributed by atoms with Crippen molar-refractivity contribution in [1.82, 2.24) is 15.8 Å². The van der Waals surface area contributed by atoms with E-state index in [9.17, 15) is 14.4 Å². The first-order valence-electron chi connectivity index (χ1n) is 8.83. The topological polar surface area (TPSA) is 87.7 Å². The van der Waals surface area contributed by atoms with Gasteiger partial charge in [0.15, 0.2) is 6.61 Å². The molecule has 2 N–H and O–H groups in total. The highest BCUT2D eigenvalue weighted by molar-refractivity contribution is 5.90. The highest BCUT2D eigenvalue weighted by atomic mass is 16.5. The molecule has 1 aliphatic heterocycles. The van der Waals surface area contributed by atoms with E-state index < -0.39 is 11.8 Å². The van der Waals surface area contributed by atoms with Gasteiger partial charge in [-0.2, -0.15) is 0 Å². The number of carbonyl (C=O) groups excluding carboxylic acids is 3. The molecule has 0 bridgehead atoms. The number of amides is 3. The second-order valence-corrected chi connectivity index (χ2v) is 7.14. The van der Waals surface area contributed by atoms with Crippen LogP contribution in [0.1, 0.15) is 31.4 Å². The van der Waals surface area contributed by atoms with Crippen molar-refractivity contribution in [3.8, 4) is 5.75 Å². The van der Waals surface area contributed by atoms with E-state index in [1.54, 1.807) is 4.90 Å². The molecule has 142 valence electrons. The summed E-state index contributed by atoms with van der Waals surface area (Å²) in [7, 11) is 0. The first kappa shape index (κ1) is 19.8. The number of hydrazine groups is 1. The van der Waals surface area contributed by atoms with Crippen LogP contribution < -0.4 is 15.6 Å². The molecule has 1 aromatic rings. The number of aryl methyl sites for hydroxylation is 2. The van der Waals surface area contributed by atoms with Crippen LogP contribution in [0.2, 0.25) is 0 Å². The summed E-state index contributed by atoms with van der Waals surface area (Å²) in [6.07, 6.45) is 0.174. The standard InChI is InChI=1S/C19H27N3O4/c1-12(2)9-22-10-15(8-17(22)24)19(25)21-20-16(23)11-26-18-13(3)6-5-7-14(18)4/h5-7,12,15H,8-11H2,1-4H3,(H,20,23)(H,21,25). The predicted octanol–water partition coefficient (Wildman–Crippen LogP) is 1.33. The summed E-state index contributed by atoms with van der Waals surface area (Å²) in [5.74, 6) is -0.263. The average Bonchev–Trinajstić information content (AvgIpc) is 2.92. The van der Waals surface area contributed by atoms with Gasteiger partial charge in [0.25, 0.3) is 5.91 Å². The molecule has 0 aliphatic carbocycles. The summed E-state index contributed by atoms with van der Waals surface area (Å²) in [6, 6.07) is 5.73. The maximum Gasteiger partial charge on any atom is 0.276 e. The molecular formula is C19H27N3O4. The minimum absolute atomic E-state index is 0.0245. The van der Waals surface area contributed by atoms with E-state index in [4.69, 9.17) is 4.74 Å². The van der Waals surface area contributed by atoms with Crippen molar-refractivity contribution in [1.29, 1.82) is 0 Å². The molecule has 0 aromatic heterocycles. The third-order valence-electron chi connectivity index (χ3n) is 4.25. The zero-order valence-electron chi connectivity index (χ0n) is 15.8. The van der Waals surface area contributed by atoms with Crippen LogP contribution in [-0.4, -0.2) is 42.3 Å². The van der Waals surface area contributed by atoms with E-state index in [0.717, 1.165) is 11.1 Å². The number of para-hydroxylation sites is 1. The highest BCUT2D eigenvalue weighted by Gasteiger charge is 2.34. The smallest absolute Gasteiger partial charge is 0.276 e. The van der Waals surface area contributed by atoms with Crippen molar-refractivity contribution in [2.75, 3.05) is 19.7 Å². The van der Waals surface area contributed by atoms with Crippen molar-refractivity contribution in [2.24, 2.45) is 11.8 Å². The van der Waals surface area contributed by atoms with Gasteiger partial charge >= 0.3 is 0 Å². The van der Waals surface area contributed by atoms with Crippen molar-refractivity contribution >= 4 is 17.7 Å². The Kier molecular flexibility index (Phi) is 6.60. The number of nitrogens with one attached hydrogen (secondary N) is 2. The van der Waals surface area contributed by atoms with Gasteiger partial charge in [0.05, 0.1) is 5.92 Å². The molecule has 0 spiro atoms. The monoisotopic (exact) mass is 361 g/mol. The Balaban J connectivity index is 1.77. The first-order valence-corrected chi connectivity index (χ1v) is 8.83. The van der Waals surface area contributed by atoms with Crippen LogP contribution in [-0.2, 0) is 14.4 Å². The Hall–Kier alpha value is -2.57. The van der Waals surface area contributed by atoms with Gasteiger partial charge in [0, 0.05) is 19.5 Å². The molecular weight excluding hydrogens is 334 g/mol.